The van der Waals surface area contributed by atoms with Crippen LogP contribution < -0.4 is 5.32 Å². The number of rotatable bonds is 6. The highest BCUT2D eigenvalue weighted by molar-refractivity contribution is 7.89. The van der Waals surface area contributed by atoms with Crippen LogP contribution in [0.4, 0.5) is 0 Å². The Morgan fingerprint density at radius 1 is 0.882 bits per heavy atom. The van der Waals surface area contributed by atoms with Crippen LogP contribution in [0.3, 0.4) is 0 Å². The van der Waals surface area contributed by atoms with E-state index in [4.69, 9.17) is 11.6 Å². The van der Waals surface area contributed by atoms with E-state index in [0.29, 0.717) is 49.6 Å². The van der Waals surface area contributed by atoms with Gasteiger partial charge in [-0.15, -0.1) is 0 Å². The van der Waals surface area contributed by atoms with Crippen molar-refractivity contribution in [3.05, 3.63) is 65.2 Å². The summed E-state index contributed by atoms with van der Waals surface area (Å²) in [7, 11) is -3.64. The molecule has 0 aliphatic carbocycles. The molecular weight excluding hydrogens is 474 g/mol. The van der Waals surface area contributed by atoms with Gasteiger partial charge in [-0.3, -0.25) is 9.59 Å². The van der Waals surface area contributed by atoms with Gasteiger partial charge in [0.05, 0.1) is 4.90 Å². The van der Waals surface area contributed by atoms with Crippen LogP contribution in [0.25, 0.3) is 0 Å². The molecule has 34 heavy (non-hydrogen) atoms. The van der Waals surface area contributed by atoms with Gasteiger partial charge in [0.1, 0.15) is 6.04 Å². The summed E-state index contributed by atoms with van der Waals surface area (Å²) in [6.45, 7) is 1.97. The van der Waals surface area contributed by atoms with E-state index in [0.717, 1.165) is 19.3 Å². The molecule has 0 unspecified atom stereocenters. The molecule has 2 aliphatic heterocycles. The van der Waals surface area contributed by atoms with Crippen molar-refractivity contribution in [1.29, 1.82) is 0 Å². The highest BCUT2D eigenvalue weighted by Gasteiger charge is 2.38. The van der Waals surface area contributed by atoms with Crippen molar-refractivity contribution in [3.63, 3.8) is 0 Å². The minimum Gasteiger partial charge on any atom is -0.341 e. The molecule has 2 saturated heterocycles. The van der Waals surface area contributed by atoms with Gasteiger partial charge in [-0.25, -0.2) is 8.42 Å². The quantitative estimate of drug-likeness (QED) is 0.653. The lowest BCUT2D eigenvalue weighted by atomic mass is 9.88. The zero-order valence-corrected chi connectivity index (χ0v) is 20.6. The number of hydrogen-bond acceptors (Lipinski definition) is 4. The second-order valence-corrected chi connectivity index (χ2v) is 11.3. The fraction of sp³-hybridized carbons (Fsp3) is 0.440. The van der Waals surface area contributed by atoms with Gasteiger partial charge in [0.25, 0.3) is 5.91 Å². The van der Waals surface area contributed by atoms with Crippen molar-refractivity contribution in [2.75, 3.05) is 26.2 Å². The third-order valence-electron chi connectivity index (χ3n) is 6.68. The summed E-state index contributed by atoms with van der Waals surface area (Å²) < 4.78 is 27.6. The van der Waals surface area contributed by atoms with Crippen molar-refractivity contribution >= 4 is 33.4 Å². The Labute approximate surface area is 206 Å². The lowest BCUT2D eigenvalue weighted by Crippen LogP contribution is -2.55. The molecule has 2 heterocycles. The van der Waals surface area contributed by atoms with E-state index in [1.165, 1.54) is 16.4 Å². The van der Waals surface area contributed by atoms with Gasteiger partial charge < -0.3 is 10.2 Å². The second-order valence-electron chi connectivity index (χ2n) is 8.90. The molecule has 0 bridgehead atoms. The number of carbonyl (C=O) groups excluding carboxylic acids is 2. The molecule has 4 rings (SSSR count). The minimum absolute atomic E-state index is 0.0667. The van der Waals surface area contributed by atoms with Gasteiger partial charge in [0, 0.05) is 36.8 Å². The maximum atomic E-state index is 13.5. The Hall–Kier alpha value is -2.42. The second kappa shape index (κ2) is 10.9. The van der Waals surface area contributed by atoms with Crippen molar-refractivity contribution < 1.29 is 18.0 Å². The molecule has 2 fully saturated rings. The molecule has 0 radical (unpaired) electrons. The lowest BCUT2D eigenvalue weighted by molar-refractivity contribution is -0.135. The SMILES string of the molecule is O=C(N[C@@H](C(=O)N1CCCCC1)C1CCN(S(=O)(=O)c2ccc(Cl)cc2)CC1)c1ccccc1. The number of hydrogen-bond donors (Lipinski definition) is 1. The first-order valence-electron chi connectivity index (χ1n) is 11.8. The van der Waals surface area contributed by atoms with Crippen molar-refractivity contribution in [2.45, 2.75) is 43.0 Å². The van der Waals surface area contributed by atoms with Crippen molar-refractivity contribution in [2.24, 2.45) is 5.92 Å². The number of nitrogens with one attached hydrogen (secondary N) is 1. The topological polar surface area (TPSA) is 86.8 Å². The summed E-state index contributed by atoms with van der Waals surface area (Å²) >= 11 is 5.90. The highest BCUT2D eigenvalue weighted by Crippen LogP contribution is 2.28. The Kier molecular flexibility index (Phi) is 7.91. The average molecular weight is 504 g/mol. The largest absolute Gasteiger partial charge is 0.341 e. The number of amides is 2. The summed E-state index contributed by atoms with van der Waals surface area (Å²) in [5.74, 6) is -0.492. The van der Waals surface area contributed by atoms with Crippen LogP contribution in [-0.4, -0.2) is 61.7 Å². The molecule has 7 nitrogen and oxygen atoms in total. The molecular formula is C25H30ClN3O4S. The first kappa shape index (κ1) is 24.7. The van der Waals surface area contributed by atoms with Crippen LogP contribution in [0.1, 0.15) is 42.5 Å². The third kappa shape index (κ3) is 5.62. The number of benzene rings is 2. The van der Waals surface area contributed by atoms with E-state index in [2.05, 4.69) is 5.32 Å². The van der Waals surface area contributed by atoms with Crippen LogP contribution in [-0.2, 0) is 14.8 Å². The number of piperidine rings is 2. The predicted octanol–water partition coefficient (Wildman–Crippen LogP) is 3.55. The molecule has 9 heteroatoms. The number of halogens is 1. The average Bonchev–Trinajstić information content (AvgIpc) is 2.88. The molecule has 182 valence electrons. The number of nitrogens with zero attached hydrogens (tertiary/aromatic N) is 2. The monoisotopic (exact) mass is 503 g/mol. The third-order valence-corrected chi connectivity index (χ3v) is 8.84. The molecule has 0 saturated carbocycles. The van der Waals surface area contributed by atoms with Gasteiger partial charge in [0.15, 0.2) is 0 Å². The van der Waals surface area contributed by atoms with Crippen LogP contribution >= 0.6 is 11.6 Å². The zero-order chi connectivity index (χ0) is 24.1. The Morgan fingerprint density at radius 2 is 1.50 bits per heavy atom. The summed E-state index contributed by atoms with van der Waals surface area (Å²) in [5, 5.41) is 3.46. The number of likely N-dealkylation sites (tertiary alicyclic amines) is 1. The van der Waals surface area contributed by atoms with Gasteiger partial charge in [-0.2, -0.15) is 4.31 Å². The molecule has 1 atom stereocenters. The molecule has 2 aromatic rings. The van der Waals surface area contributed by atoms with E-state index in [9.17, 15) is 18.0 Å². The van der Waals surface area contributed by atoms with Crippen molar-refractivity contribution in [3.8, 4) is 0 Å². The molecule has 2 aliphatic rings. The van der Waals surface area contributed by atoms with Crippen LogP contribution in [0.2, 0.25) is 5.02 Å². The van der Waals surface area contributed by atoms with Crippen LogP contribution in [0, 0.1) is 5.92 Å². The Bertz CT molecular complexity index is 1090. The van der Waals surface area contributed by atoms with E-state index in [1.54, 1.807) is 36.4 Å². The number of carbonyl (C=O) groups is 2. The normalized spacial score (nSPS) is 18.9. The Balaban J connectivity index is 1.48. The molecule has 0 spiro atoms. The van der Waals surface area contributed by atoms with Crippen LogP contribution in [0.15, 0.2) is 59.5 Å². The Morgan fingerprint density at radius 3 is 2.12 bits per heavy atom. The molecule has 1 N–H and O–H groups in total. The molecule has 0 aromatic heterocycles. The van der Waals surface area contributed by atoms with Gasteiger partial charge in [0.2, 0.25) is 15.9 Å². The predicted molar refractivity (Wildman–Crippen MR) is 131 cm³/mol. The first-order chi connectivity index (χ1) is 16.4. The fourth-order valence-electron chi connectivity index (χ4n) is 4.71. The number of sulfonamides is 1. The summed E-state index contributed by atoms with van der Waals surface area (Å²) in [6, 6.07) is 14.3. The standard InChI is InChI=1S/C25H30ClN3O4S/c26-21-9-11-22(12-10-21)34(32,33)29-17-13-19(14-18-29)23(25(31)28-15-5-2-6-16-28)27-24(30)20-7-3-1-4-8-20/h1,3-4,7-12,19,23H,2,5-6,13-18H2,(H,27,30)/t23-/m1/s1. The molecule has 2 amide bonds. The van der Waals surface area contributed by atoms with Gasteiger partial charge in [-0.1, -0.05) is 29.8 Å². The zero-order valence-electron chi connectivity index (χ0n) is 19.0. The maximum Gasteiger partial charge on any atom is 0.251 e. The molecule has 2 aromatic carbocycles. The summed E-state index contributed by atoms with van der Waals surface area (Å²) in [6.07, 6.45) is 4.01. The van der Waals surface area contributed by atoms with Gasteiger partial charge in [-0.05, 0) is 74.4 Å². The van der Waals surface area contributed by atoms with E-state index in [1.807, 2.05) is 11.0 Å². The summed E-state index contributed by atoms with van der Waals surface area (Å²) in [4.78, 5) is 28.4. The van der Waals surface area contributed by atoms with Crippen LogP contribution in [0.5, 0.6) is 0 Å². The van der Waals surface area contributed by atoms with Gasteiger partial charge >= 0.3 is 0 Å². The lowest BCUT2D eigenvalue weighted by Gasteiger charge is -2.38. The van der Waals surface area contributed by atoms with E-state index >= 15 is 0 Å². The summed E-state index contributed by atoms with van der Waals surface area (Å²) in [5.41, 5.74) is 0.502. The van der Waals surface area contributed by atoms with E-state index in [-0.39, 0.29) is 22.6 Å². The highest BCUT2D eigenvalue weighted by atomic mass is 35.5. The fourth-order valence-corrected chi connectivity index (χ4v) is 6.31. The van der Waals surface area contributed by atoms with E-state index < -0.39 is 16.1 Å². The minimum atomic E-state index is -3.64. The smallest absolute Gasteiger partial charge is 0.251 e. The maximum absolute atomic E-state index is 13.5. The first-order valence-corrected chi connectivity index (χ1v) is 13.6. The van der Waals surface area contributed by atoms with Crippen molar-refractivity contribution in [1.82, 2.24) is 14.5 Å².